The third-order valence-electron chi connectivity index (χ3n) is 6.69. The average molecular weight is 547 g/mol. The molecule has 10 heteroatoms. The Morgan fingerprint density at radius 3 is 2.34 bits per heavy atom. The van der Waals surface area contributed by atoms with Gasteiger partial charge in [0, 0.05) is 23.7 Å². The summed E-state index contributed by atoms with van der Waals surface area (Å²) in [6.07, 6.45) is 2.10. The molecule has 38 heavy (non-hydrogen) atoms. The lowest BCUT2D eigenvalue weighted by Gasteiger charge is -2.37. The smallest absolute Gasteiger partial charge is 0.407 e. The number of alkyl carbamates (subject to hydrolysis) is 1. The van der Waals surface area contributed by atoms with Crippen molar-refractivity contribution >= 4 is 27.5 Å². The number of piperidine rings is 1. The van der Waals surface area contributed by atoms with Gasteiger partial charge in [-0.2, -0.15) is 5.10 Å². The molecule has 210 valence electrons. The fourth-order valence-corrected chi connectivity index (χ4v) is 6.59. The Balaban J connectivity index is 1.89. The van der Waals surface area contributed by atoms with E-state index in [-0.39, 0.29) is 21.7 Å². The average Bonchev–Trinajstić information content (AvgIpc) is 3.17. The number of aromatic nitrogens is 2. The summed E-state index contributed by atoms with van der Waals surface area (Å²) in [7, 11) is -3.87. The Bertz CT molecular complexity index is 1270. The van der Waals surface area contributed by atoms with Crippen LogP contribution in [0.1, 0.15) is 79.6 Å². The highest BCUT2D eigenvalue weighted by Crippen LogP contribution is 2.34. The number of hydrogen-bond donors (Lipinski definition) is 1. The highest BCUT2D eigenvalue weighted by molar-refractivity contribution is 7.91. The van der Waals surface area contributed by atoms with Crippen LogP contribution in [0.3, 0.4) is 0 Å². The Morgan fingerprint density at radius 1 is 1.16 bits per heavy atom. The lowest BCUT2D eigenvalue weighted by Crippen LogP contribution is -2.46. The van der Waals surface area contributed by atoms with Crippen LogP contribution in [0.2, 0.25) is 0 Å². The van der Waals surface area contributed by atoms with Crippen molar-refractivity contribution in [3.8, 4) is 0 Å². The van der Waals surface area contributed by atoms with Crippen LogP contribution in [0.15, 0.2) is 34.1 Å². The fourth-order valence-electron chi connectivity index (χ4n) is 4.81. The summed E-state index contributed by atoms with van der Waals surface area (Å²) in [4.78, 5) is 27.2. The largest absolute Gasteiger partial charge is 0.444 e. The topological polar surface area (TPSA) is 111 Å². The maximum absolute atomic E-state index is 13.9. The number of carbonyl (C=O) groups excluding carboxylic acids is 2. The van der Waals surface area contributed by atoms with Crippen molar-refractivity contribution in [1.29, 1.82) is 0 Å². The van der Waals surface area contributed by atoms with Crippen molar-refractivity contribution in [1.82, 2.24) is 15.1 Å². The van der Waals surface area contributed by atoms with Crippen molar-refractivity contribution in [3.05, 3.63) is 35.7 Å². The summed E-state index contributed by atoms with van der Waals surface area (Å²) in [6.45, 7) is 15.8. The third-order valence-corrected chi connectivity index (χ3v) is 8.59. The fraction of sp³-hybridized carbons (Fsp3) is 0.607. The van der Waals surface area contributed by atoms with Crippen LogP contribution in [0.5, 0.6) is 0 Å². The minimum Gasteiger partial charge on any atom is -0.444 e. The molecule has 1 N–H and O–H groups in total. The van der Waals surface area contributed by atoms with Gasteiger partial charge in [0.05, 0.1) is 22.8 Å². The quantitative estimate of drug-likeness (QED) is 0.504. The summed E-state index contributed by atoms with van der Waals surface area (Å²) in [5, 5.41) is 7.42. The molecule has 0 spiro atoms. The molecule has 2 heterocycles. The van der Waals surface area contributed by atoms with Gasteiger partial charge < -0.3 is 15.0 Å². The van der Waals surface area contributed by atoms with E-state index in [4.69, 9.17) is 4.74 Å². The van der Waals surface area contributed by atoms with Crippen LogP contribution in [0.25, 0.3) is 0 Å². The molecule has 0 aliphatic carbocycles. The second-order valence-corrected chi connectivity index (χ2v) is 13.5. The first-order chi connectivity index (χ1) is 17.6. The molecule has 1 saturated heterocycles. The molecule has 1 unspecified atom stereocenters. The van der Waals surface area contributed by atoms with E-state index in [2.05, 4.69) is 10.4 Å². The van der Waals surface area contributed by atoms with Crippen molar-refractivity contribution in [2.24, 2.45) is 5.41 Å². The maximum atomic E-state index is 13.9. The van der Waals surface area contributed by atoms with Crippen molar-refractivity contribution in [2.75, 3.05) is 11.4 Å². The predicted molar refractivity (Wildman–Crippen MR) is 147 cm³/mol. The number of benzene rings is 1. The Kier molecular flexibility index (Phi) is 8.65. The number of amides is 2. The third kappa shape index (κ3) is 6.39. The monoisotopic (exact) mass is 546 g/mol. The van der Waals surface area contributed by atoms with E-state index in [1.807, 2.05) is 34.6 Å². The highest BCUT2D eigenvalue weighted by Gasteiger charge is 2.36. The predicted octanol–water partition coefficient (Wildman–Crippen LogP) is 4.91. The van der Waals surface area contributed by atoms with Crippen molar-refractivity contribution < 1.29 is 22.7 Å². The zero-order valence-electron chi connectivity index (χ0n) is 23.9. The summed E-state index contributed by atoms with van der Waals surface area (Å²) in [5.74, 6) is 0.0521. The molecular weight excluding hydrogens is 504 g/mol. The first kappa shape index (κ1) is 29.7. The number of nitrogens with zero attached hydrogens (tertiary/aromatic N) is 3. The van der Waals surface area contributed by atoms with Gasteiger partial charge in [-0.3, -0.25) is 9.48 Å². The molecule has 0 saturated carbocycles. The van der Waals surface area contributed by atoms with E-state index in [0.29, 0.717) is 43.0 Å². The molecule has 0 radical (unpaired) electrons. The normalized spacial score (nSPS) is 16.8. The number of aryl methyl sites for hydroxylation is 1. The second-order valence-electron chi connectivity index (χ2n) is 11.6. The van der Waals surface area contributed by atoms with Gasteiger partial charge >= 0.3 is 6.09 Å². The molecule has 1 aliphatic heterocycles. The van der Waals surface area contributed by atoms with Gasteiger partial charge in [-0.15, -0.1) is 0 Å². The zero-order chi connectivity index (χ0) is 28.5. The van der Waals surface area contributed by atoms with E-state index >= 15 is 0 Å². The van der Waals surface area contributed by atoms with Gasteiger partial charge in [-0.25, -0.2) is 13.2 Å². The molecule has 2 amide bonds. The van der Waals surface area contributed by atoms with Crippen LogP contribution in [-0.4, -0.2) is 48.4 Å². The number of nitrogens with one attached hydrogen (secondary N) is 1. The molecular formula is C28H42N4O5S. The molecule has 1 aromatic carbocycles. The van der Waals surface area contributed by atoms with Gasteiger partial charge in [0.25, 0.3) is 0 Å². The Labute approximate surface area is 226 Å². The first-order valence-electron chi connectivity index (χ1n) is 13.4. The number of carbonyl (C=O) groups is 2. The zero-order valence-corrected chi connectivity index (χ0v) is 24.7. The van der Waals surface area contributed by atoms with E-state index in [1.54, 1.807) is 54.6 Å². The Morgan fingerprint density at radius 2 is 1.79 bits per heavy atom. The first-order valence-corrected chi connectivity index (χ1v) is 14.8. The minimum atomic E-state index is -3.87. The molecule has 1 aliphatic rings. The standard InChI is InChI=1S/C28H42N4O5S/c1-9-22-24(23(10-2)32(30-22)18-19(3)29-26(34)37-27(4,5)6)38(35,36)21-14-12-20(13-15-21)31-17-11-16-28(7,8)25(31)33/h12-15,19H,9-11,16-18H2,1-8H3,(H,29,34). The molecule has 9 nitrogen and oxygen atoms in total. The van der Waals surface area contributed by atoms with Crippen LogP contribution in [0, 0.1) is 5.41 Å². The molecule has 0 bridgehead atoms. The van der Waals surface area contributed by atoms with Crippen molar-refractivity contribution in [3.63, 3.8) is 0 Å². The minimum absolute atomic E-state index is 0.0521. The number of anilines is 1. The summed E-state index contributed by atoms with van der Waals surface area (Å²) < 4.78 is 34.7. The van der Waals surface area contributed by atoms with Gasteiger partial charge in [0.1, 0.15) is 10.5 Å². The molecule has 3 rings (SSSR count). The lowest BCUT2D eigenvalue weighted by molar-refractivity contribution is -0.128. The summed E-state index contributed by atoms with van der Waals surface area (Å²) >= 11 is 0. The van der Waals surface area contributed by atoms with E-state index in [1.165, 1.54) is 0 Å². The van der Waals surface area contributed by atoms with Crippen LogP contribution < -0.4 is 10.2 Å². The molecule has 1 fully saturated rings. The van der Waals surface area contributed by atoms with Crippen molar-refractivity contribution in [2.45, 2.75) is 109 Å². The number of ether oxygens (including phenoxy) is 1. The van der Waals surface area contributed by atoms with Crippen LogP contribution >= 0.6 is 0 Å². The van der Waals surface area contributed by atoms with Gasteiger partial charge in [-0.1, -0.05) is 27.7 Å². The summed E-state index contributed by atoms with van der Waals surface area (Å²) in [5.41, 5.74) is 0.735. The highest BCUT2D eigenvalue weighted by atomic mass is 32.2. The van der Waals surface area contributed by atoms with E-state index < -0.39 is 26.9 Å². The number of sulfone groups is 1. The number of rotatable bonds is 8. The maximum Gasteiger partial charge on any atom is 0.407 e. The van der Waals surface area contributed by atoms with Crippen LogP contribution in [-0.2, 0) is 38.8 Å². The number of hydrogen-bond acceptors (Lipinski definition) is 6. The van der Waals surface area contributed by atoms with Gasteiger partial charge in [-0.05, 0) is 77.6 Å². The Hall–Kier alpha value is -2.88. The second kappa shape index (κ2) is 11.1. The SMILES string of the molecule is CCc1nn(CC(C)NC(=O)OC(C)(C)C)c(CC)c1S(=O)(=O)c1ccc(N2CCCC(C)(C)C2=O)cc1. The molecule has 2 aromatic rings. The van der Waals surface area contributed by atoms with Crippen LogP contribution in [0.4, 0.5) is 10.5 Å². The van der Waals surface area contributed by atoms with E-state index in [9.17, 15) is 18.0 Å². The van der Waals surface area contributed by atoms with Gasteiger partial charge in [0.2, 0.25) is 15.7 Å². The van der Waals surface area contributed by atoms with Gasteiger partial charge in [0.15, 0.2) is 0 Å². The molecule has 1 aromatic heterocycles. The van der Waals surface area contributed by atoms with E-state index in [0.717, 1.165) is 12.8 Å². The summed E-state index contributed by atoms with van der Waals surface area (Å²) in [6, 6.07) is 6.23. The lowest BCUT2D eigenvalue weighted by atomic mass is 9.83. The molecule has 1 atom stereocenters.